The molecule has 0 radical (unpaired) electrons. The summed E-state index contributed by atoms with van der Waals surface area (Å²) in [6, 6.07) is 0.859. The summed E-state index contributed by atoms with van der Waals surface area (Å²) in [5.74, 6) is 1.89. The van der Waals surface area contributed by atoms with Gasteiger partial charge >= 0.3 is 0 Å². The molecule has 2 saturated heterocycles. The molecule has 0 aromatic rings. The highest BCUT2D eigenvalue weighted by molar-refractivity contribution is 14.0. The maximum absolute atomic E-state index is 12.2. The fourth-order valence-corrected chi connectivity index (χ4v) is 4.06. The van der Waals surface area contributed by atoms with Crippen LogP contribution in [0.5, 0.6) is 0 Å². The van der Waals surface area contributed by atoms with Crippen molar-refractivity contribution >= 4 is 35.8 Å². The van der Waals surface area contributed by atoms with E-state index in [1.807, 2.05) is 25.8 Å². The minimum absolute atomic E-state index is 0. The number of aliphatic imine (C=N–C) groups is 1. The summed E-state index contributed by atoms with van der Waals surface area (Å²) in [5.41, 5.74) is 0. The summed E-state index contributed by atoms with van der Waals surface area (Å²) >= 11 is 0. The molecule has 0 aromatic heterocycles. The Hall–Kier alpha value is -0.570. The minimum Gasteiger partial charge on any atom is -0.355 e. The van der Waals surface area contributed by atoms with Gasteiger partial charge < -0.3 is 15.5 Å². The van der Waals surface area contributed by atoms with Crippen LogP contribution in [0.1, 0.15) is 53.4 Å². The van der Waals surface area contributed by atoms with Gasteiger partial charge in [0.1, 0.15) is 0 Å². The summed E-state index contributed by atoms with van der Waals surface area (Å²) in [4.78, 5) is 21.2. The fourth-order valence-electron chi connectivity index (χ4n) is 4.06. The number of carbonyl (C=O) groups excluding carboxylic acids is 1. The number of nitrogens with one attached hydrogen (secondary N) is 2. The summed E-state index contributed by atoms with van der Waals surface area (Å²) in [6.45, 7) is 13.5. The van der Waals surface area contributed by atoms with Crippen molar-refractivity contribution in [1.29, 1.82) is 0 Å². The number of amides is 1. The van der Waals surface area contributed by atoms with Gasteiger partial charge in [-0.1, -0.05) is 27.7 Å². The Kier molecular flexibility index (Phi) is 11.0. The van der Waals surface area contributed by atoms with Crippen LogP contribution in [0.25, 0.3) is 0 Å². The molecule has 2 unspecified atom stereocenters. The topological polar surface area (TPSA) is 60.0 Å². The van der Waals surface area contributed by atoms with E-state index >= 15 is 0 Å². The number of hydrogen-bond donors (Lipinski definition) is 2. The van der Waals surface area contributed by atoms with Gasteiger partial charge in [-0.05, 0) is 44.7 Å². The Morgan fingerprint density at radius 1 is 1.15 bits per heavy atom. The van der Waals surface area contributed by atoms with E-state index in [-0.39, 0.29) is 35.8 Å². The maximum Gasteiger partial charge on any atom is 0.225 e. The largest absolute Gasteiger partial charge is 0.355 e. The molecule has 1 amide bonds. The third-order valence-corrected chi connectivity index (χ3v) is 5.46. The van der Waals surface area contributed by atoms with Gasteiger partial charge in [-0.15, -0.1) is 24.0 Å². The van der Waals surface area contributed by atoms with Crippen LogP contribution in [0.15, 0.2) is 4.99 Å². The Bertz CT molecular complexity index is 477. The molecule has 2 aliphatic heterocycles. The van der Waals surface area contributed by atoms with Gasteiger partial charge in [-0.2, -0.15) is 0 Å². The highest BCUT2D eigenvalue weighted by Gasteiger charge is 2.28. The Balaban J connectivity index is 0.00000364. The number of nitrogens with zero attached hydrogens (tertiary/aromatic N) is 3. The monoisotopic (exact) mass is 493 g/mol. The van der Waals surface area contributed by atoms with Crippen molar-refractivity contribution in [3.05, 3.63) is 0 Å². The van der Waals surface area contributed by atoms with Crippen molar-refractivity contribution in [3.63, 3.8) is 0 Å². The molecule has 158 valence electrons. The number of guanidine groups is 1. The van der Waals surface area contributed by atoms with E-state index in [0.717, 1.165) is 32.0 Å². The second-order valence-electron chi connectivity index (χ2n) is 8.55. The minimum atomic E-state index is 0. The first-order valence-electron chi connectivity index (χ1n) is 10.4. The molecular weight excluding hydrogens is 453 g/mol. The SMILES string of the molecule is CN=C(NCC(CC(C)C)N1CCCC1)NC1CCN(C(=O)C(C)C)C1.I. The predicted octanol–water partition coefficient (Wildman–Crippen LogP) is 2.54. The first-order valence-corrected chi connectivity index (χ1v) is 10.4. The van der Waals surface area contributed by atoms with Crippen LogP contribution in [0.3, 0.4) is 0 Å². The Morgan fingerprint density at radius 2 is 1.81 bits per heavy atom. The first-order chi connectivity index (χ1) is 12.4. The normalized spacial score (nSPS) is 22.3. The molecule has 0 saturated carbocycles. The highest BCUT2D eigenvalue weighted by atomic mass is 127. The van der Waals surface area contributed by atoms with Crippen molar-refractivity contribution in [1.82, 2.24) is 20.4 Å². The van der Waals surface area contributed by atoms with Crippen LogP contribution in [0.4, 0.5) is 0 Å². The number of rotatable bonds is 7. The van der Waals surface area contributed by atoms with E-state index in [4.69, 9.17) is 0 Å². The standard InChI is InChI=1S/C20H39N5O.HI/c1-15(2)12-18(24-9-6-7-10-24)13-22-20(21-5)23-17-8-11-25(14-17)19(26)16(3)4;/h15-18H,6-14H2,1-5H3,(H2,21,22,23);1H. The fraction of sp³-hybridized carbons (Fsp3) is 0.900. The molecule has 7 heteroatoms. The zero-order valence-electron chi connectivity index (χ0n) is 17.8. The third-order valence-electron chi connectivity index (χ3n) is 5.46. The Labute approximate surface area is 182 Å². The van der Waals surface area contributed by atoms with Crippen molar-refractivity contribution in [3.8, 4) is 0 Å². The molecule has 0 spiro atoms. The van der Waals surface area contributed by atoms with Crippen molar-refractivity contribution in [2.45, 2.75) is 65.5 Å². The summed E-state index contributed by atoms with van der Waals surface area (Å²) in [6.07, 6.45) is 4.84. The number of hydrogen-bond acceptors (Lipinski definition) is 3. The molecule has 2 rings (SSSR count). The number of carbonyl (C=O) groups is 1. The van der Waals surface area contributed by atoms with Crippen LogP contribution in [-0.2, 0) is 4.79 Å². The smallest absolute Gasteiger partial charge is 0.225 e. The lowest BCUT2D eigenvalue weighted by atomic mass is 10.0. The molecule has 27 heavy (non-hydrogen) atoms. The lowest BCUT2D eigenvalue weighted by molar-refractivity contribution is -0.133. The van der Waals surface area contributed by atoms with E-state index in [0.29, 0.717) is 18.0 Å². The molecule has 2 fully saturated rings. The lowest BCUT2D eigenvalue weighted by Gasteiger charge is -2.30. The molecule has 0 aliphatic carbocycles. The van der Waals surface area contributed by atoms with Gasteiger partial charge in [0.2, 0.25) is 5.91 Å². The quantitative estimate of drug-likeness (QED) is 0.325. The van der Waals surface area contributed by atoms with E-state index in [2.05, 4.69) is 34.4 Å². The van der Waals surface area contributed by atoms with Gasteiger partial charge in [0.15, 0.2) is 5.96 Å². The van der Waals surface area contributed by atoms with E-state index < -0.39 is 0 Å². The summed E-state index contributed by atoms with van der Waals surface area (Å²) in [5, 5.41) is 7.05. The van der Waals surface area contributed by atoms with E-state index in [1.165, 1.54) is 32.4 Å². The van der Waals surface area contributed by atoms with Gasteiger partial charge in [0.05, 0.1) is 0 Å². The summed E-state index contributed by atoms with van der Waals surface area (Å²) in [7, 11) is 1.83. The number of halogens is 1. The van der Waals surface area contributed by atoms with Crippen molar-refractivity contribution in [2.24, 2.45) is 16.8 Å². The zero-order valence-corrected chi connectivity index (χ0v) is 20.2. The number of likely N-dealkylation sites (tertiary alicyclic amines) is 2. The molecule has 2 atom stereocenters. The first kappa shape index (κ1) is 24.5. The second kappa shape index (κ2) is 12.1. The maximum atomic E-state index is 12.2. The van der Waals surface area contributed by atoms with Crippen molar-refractivity contribution in [2.75, 3.05) is 39.8 Å². The third kappa shape index (κ3) is 7.75. The van der Waals surface area contributed by atoms with Crippen LogP contribution in [-0.4, -0.2) is 73.5 Å². The van der Waals surface area contributed by atoms with Gasteiger partial charge in [0, 0.05) is 44.7 Å². The molecule has 6 nitrogen and oxygen atoms in total. The van der Waals surface area contributed by atoms with Gasteiger partial charge in [0.25, 0.3) is 0 Å². The molecule has 2 N–H and O–H groups in total. The average Bonchev–Trinajstić information content (AvgIpc) is 3.27. The Morgan fingerprint density at radius 3 is 2.37 bits per heavy atom. The molecular formula is C20H40IN5O. The van der Waals surface area contributed by atoms with E-state index in [1.54, 1.807) is 0 Å². The molecule has 2 aliphatic rings. The molecule has 0 aromatic carbocycles. The summed E-state index contributed by atoms with van der Waals surface area (Å²) < 4.78 is 0. The highest BCUT2D eigenvalue weighted by Crippen LogP contribution is 2.17. The lowest BCUT2D eigenvalue weighted by Crippen LogP contribution is -2.50. The van der Waals surface area contributed by atoms with Crippen molar-refractivity contribution < 1.29 is 4.79 Å². The van der Waals surface area contributed by atoms with Gasteiger partial charge in [-0.3, -0.25) is 14.7 Å². The van der Waals surface area contributed by atoms with Crippen LogP contribution >= 0.6 is 24.0 Å². The molecule has 2 heterocycles. The second-order valence-corrected chi connectivity index (χ2v) is 8.55. The molecule has 0 bridgehead atoms. The average molecular weight is 493 g/mol. The van der Waals surface area contributed by atoms with Crippen LogP contribution in [0, 0.1) is 11.8 Å². The van der Waals surface area contributed by atoms with Gasteiger partial charge in [-0.25, -0.2) is 0 Å². The van der Waals surface area contributed by atoms with E-state index in [9.17, 15) is 4.79 Å². The van der Waals surface area contributed by atoms with Crippen LogP contribution in [0.2, 0.25) is 0 Å². The predicted molar refractivity (Wildman–Crippen MR) is 124 cm³/mol. The van der Waals surface area contributed by atoms with Crippen LogP contribution < -0.4 is 10.6 Å². The zero-order chi connectivity index (χ0) is 19.1.